The summed E-state index contributed by atoms with van der Waals surface area (Å²) in [6.45, 7) is 4.24. The fourth-order valence-electron chi connectivity index (χ4n) is 0.872. The van der Waals surface area contributed by atoms with Crippen molar-refractivity contribution in [2.75, 3.05) is 0 Å². The summed E-state index contributed by atoms with van der Waals surface area (Å²) in [6.07, 6.45) is 3.37. The highest BCUT2D eigenvalue weighted by Crippen LogP contribution is 1.86. The lowest BCUT2D eigenvalue weighted by Gasteiger charge is -2.08. The van der Waals surface area contributed by atoms with Gasteiger partial charge < -0.3 is 15.6 Å². The normalized spacial score (nSPS) is 10.1. The molecule has 0 aliphatic heterocycles. The van der Waals surface area contributed by atoms with E-state index in [1.807, 2.05) is 13.8 Å². The summed E-state index contributed by atoms with van der Waals surface area (Å²) in [5, 5.41) is 5.39. The molecule has 0 radical (unpaired) electrons. The third-order valence-corrected chi connectivity index (χ3v) is 1.39. The number of amides is 2. The molecule has 0 fully saturated rings. The average Bonchev–Trinajstić information content (AvgIpc) is 2.51. The van der Waals surface area contributed by atoms with Gasteiger partial charge in [0.25, 0.3) is 0 Å². The molecule has 0 aliphatic carbocycles. The van der Waals surface area contributed by atoms with Crippen molar-refractivity contribution in [2.24, 2.45) is 0 Å². The molecule has 1 heterocycles. The summed E-state index contributed by atoms with van der Waals surface area (Å²) in [5.74, 6) is 0.749. The van der Waals surface area contributed by atoms with Gasteiger partial charge in [-0.3, -0.25) is 0 Å². The van der Waals surface area contributed by atoms with Gasteiger partial charge in [-0.05, 0) is 13.8 Å². The Morgan fingerprint density at radius 2 is 2.46 bits per heavy atom. The van der Waals surface area contributed by atoms with E-state index in [1.54, 1.807) is 12.4 Å². The van der Waals surface area contributed by atoms with Crippen LogP contribution in [-0.2, 0) is 6.54 Å². The molecule has 0 spiro atoms. The molecule has 0 saturated heterocycles. The number of urea groups is 1. The molecule has 0 unspecified atom stereocenters. The molecule has 0 bridgehead atoms. The summed E-state index contributed by atoms with van der Waals surface area (Å²) in [4.78, 5) is 17.9. The average molecular weight is 182 g/mol. The first-order valence-corrected chi connectivity index (χ1v) is 4.21. The minimum atomic E-state index is -0.175. The van der Waals surface area contributed by atoms with Crippen LogP contribution in [-0.4, -0.2) is 22.0 Å². The molecule has 0 aromatic carbocycles. The molecule has 0 aliphatic rings. The van der Waals surface area contributed by atoms with Crippen molar-refractivity contribution in [1.82, 2.24) is 20.6 Å². The molecular weight excluding hydrogens is 168 g/mol. The Balaban J connectivity index is 2.23. The van der Waals surface area contributed by atoms with Gasteiger partial charge in [0.15, 0.2) is 0 Å². The fraction of sp³-hybridized carbons (Fsp3) is 0.500. The Kier molecular flexibility index (Phi) is 3.31. The van der Waals surface area contributed by atoms with Crippen molar-refractivity contribution in [3.05, 3.63) is 18.2 Å². The second kappa shape index (κ2) is 4.49. The van der Waals surface area contributed by atoms with E-state index >= 15 is 0 Å². The highest BCUT2D eigenvalue weighted by atomic mass is 16.2. The van der Waals surface area contributed by atoms with Crippen LogP contribution < -0.4 is 10.6 Å². The van der Waals surface area contributed by atoms with Crippen molar-refractivity contribution in [3.8, 4) is 0 Å². The Bertz CT molecular complexity index is 255. The van der Waals surface area contributed by atoms with E-state index in [0.717, 1.165) is 5.82 Å². The smallest absolute Gasteiger partial charge is 0.315 e. The Labute approximate surface area is 76.9 Å². The molecule has 1 aromatic heterocycles. The molecule has 72 valence electrons. The zero-order chi connectivity index (χ0) is 9.68. The van der Waals surface area contributed by atoms with E-state index < -0.39 is 0 Å². The van der Waals surface area contributed by atoms with Crippen LogP contribution in [0.1, 0.15) is 19.7 Å². The van der Waals surface area contributed by atoms with Gasteiger partial charge in [-0.1, -0.05) is 0 Å². The summed E-state index contributed by atoms with van der Waals surface area (Å²) < 4.78 is 0. The van der Waals surface area contributed by atoms with E-state index in [4.69, 9.17) is 0 Å². The quantitative estimate of drug-likeness (QED) is 0.641. The number of rotatable bonds is 3. The van der Waals surface area contributed by atoms with Crippen molar-refractivity contribution < 1.29 is 4.79 Å². The van der Waals surface area contributed by atoms with Gasteiger partial charge in [0.1, 0.15) is 5.82 Å². The van der Waals surface area contributed by atoms with Crippen LogP contribution >= 0.6 is 0 Å². The third kappa shape index (κ3) is 3.59. The summed E-state index contributed by atoms with van der Waals surface area (Å²) >= 11 is 0. The second-order valence-electron chi connectivity index (χ2n) is 3.02. The standard InChI is InChI=1S/C8H14N4O/c1-6(2)12-8(13)11-5-7-9-3-4-10-7/h3-4,6H,5H2,1-2H3,(H,9,10)(H2,11,12,13). The maximum atomic E-state index is 11.1. The molecule has 0 atom stereocenters. The summed E-state index contributed by atoms with van der Waals surface area (Å²) in [7, 11) is 0. The molecule has 3 N–H and O–H groups in total. The van der Waals surface area contributed by atoms with Gasteiger partial charge >= 0.3 is 6.03 Å². The van der Waals surface area contributed by atoms with Gasteiger partial charge in [-0.25, -0.2) is 9.78 Å². The van der Waals surface area contributed by atoms with Crippen LogP contribution in [0.25, 0.3) is 0 Å². The Morgan fingerprint density at radius 1 is 1.69 bits per heavy atom. The lowest BCUT2D eigenvalue weighted by atomic mass is 10.4. The molecule has 1 rings (SSSR count). The van der Waals surface area contributed by atoms with Crippen molar-refractivity contribution in [1.29, 1.82) is 0 Å². The summed E-state index contributed by atoms with van der Waals surface area (Å²) in [6, 6.07) is -0.0250. The lowest BCUT2D eigenvalue weighted by Crippen LogP contribution is -2.39. The molecule has 13 heavy (non-hydrogen) atoms. The van der Waals surface area contributed by atoms with E-state index in [-0.39, 0.29) is 12.1 Å². The zero-order valence-corrected chi connectivity index (χ0v) is 7.79. The highest BCUT2D eigenvalue weighted by molar-refractivity contribution is 5.73. The number of carbonyl (C=O) groups excluding carboxylic acids is 1. The van der Waals surface area contributed by atoms with Gasteiger partial charge in [-0.2, -0.15) is 0 Å². The number of nitrogens with one attached hydrogen (secondary N) is 3. The third-order valence-electron chi connectivity index (χ3n) is 1.39. The van der Waals surface area contributed by atoms with E-state index in [0.29, 0.717) is 6.54 Å². The molecule has 1 aromatic rings. The Hall–Kier alpha value is -1.52. The van der Waals surface area contributed by atoms with Gasteiger partial charge in [-0.15, -0.1) is 0 Å². The maximum Gasteiger partial charge on any atom is 0.315 e. The van der Waals surface area contributed by atoms with Gasteiger partial charge in [0.2, 0.25) is 0 Å². The number of hydrogen-bond donors (Lipinski definition) is 3. The topological polar surface area (TPSA) is 69.8 Å². The van der Waals surface area contributed by atoms with Crippen LogP contribution in [0.2, 0.25) is 0 Å². The van der Waals surface area contributed by atoms with Crippen LogP contribution in [0.15, 0.2) is 12.4 Å². The largest absolute Gasteiger partial charge is 0.347 e. The van der Waals surface area contributed by atoms with Gasteiger partial charge in [0.05, 0.1) is 6.54 Å². The highest BCUT2D eigenvalue weighted by Gasteiger charge is 2.02. The minimum absolute atomic E-state index is 0.150. The maximum absolute atomic E-state index is 11.1. The number of imidazole rings is 1. The van der Waals surface area contributed by atoms with E-state index in [9.17, 15) is 4.79 Å². The lowest BCUT2D eigenvalue weighted by molar-refractivity contribution is 0.238. The number of nitrogens with zero attached hydrogens (tertiary/aromatic N) is 1. The molecular formula is C8H14N4O. The van der Waals surface area contributed by atoms with Crippen LogP contribution in [0.4, 0.5) is 4.79 Å². The van der Waals surface area contributed by atoms with Gasteiger partial charge in [0, 0.05) is 18.4 Å². The first-order valence-electron chi connectivity index (χ1n) is 4.21. The monoisotopic (exact) mass is 182 g/mol. The predicted molar refractivity (Wildman–Crippen MR) is 49.1 cm³/mol. The molecule has 5 nitrogen and oxygen atoms in total. The number of H-pyrrole nitrogens is 1. The van der Waals surface area contributed by atoms with Crippen molar-refractivity contribution >= 4 is 6.03 Å². The van der Waals surface area contributed by atoms with E-state index in [1.165, 1.54) is 0 Å². The van der Waals surface area contributed by atoms with Crippen molar-refractivity contribution in [3.63, 3.8) is 0 Å². The summed E-state index contributed by atoms with van der Waals surface area (Å²) in [5.41, 5.74) is 0. The molecule has 0 saturated carbocycles. The number of hydrogen-bond acceptors (Lipinski definition) is 2. The van der Waals surface area contributed by atoms with Crippen LogP contribution in [0.5, 0.6) is 0 Å². The number of carbonyl (C=O) groups is 1. The second-order valence-corrected chi connectivity index (χ2v) is 3.02. The number of aromatic amines is 1. The fourth-order valence-corrected chi connectivity index (χ4v) is 0.872. The minimum Gasteiger partial charge on any atom is -0.347 e. The van der Waals surface area contributed by atoms with E-state index in [2.05, 4.69) is 20.6 Å². The SMILES string of the molecule is CC(C)NC(=O)NCc1ncc[nH]1. The van der Waals surface area contributed by atoms with Crippen LogP contribution in [0.3, 0.4) is 0 Å². The molecule has 2 amide bonds. The number of aromatic nitrogens is 2. The molecule has 5 heteroatoms. The predicted octanol–water partition coefficient (Wildman–Crippen LogP) is 0.617. The Morgan fingerprint density at radius 3 is 3.00 bits per heavy atom. The first kappa shape index (κ1) is 9.57. The first-order chi connectivity index (χ1) is 6.18. The zero-order valence-electron chi connectivity index (χ0n) is 7.79. The van der Waals surface area contributed by atoms with Crippen LogP contribution in [0, 0.1) is 0 Å². The van der Waals surface area contributed by atoms with Crippen molar-refractivity contribution in [2.45, 2.75) is 26.4 Å².